The van der Waals surface area contributed by atoms with Crippen molar-refractivity contribution < 1.29 is 19.4 Å². The molecular weight excluding hydrogens is 665 g/mol. The van der Waals surface area contributed by atoms with E-state index in [-0.39, 0.29) is 18.5 Å². The molecule has 0 bridgehead atoms. The molecule has 0 rings (SSSR count). The summed E-state index contributed by atoms with van der Waals surface area (Å²) in [6, 6.07) is 0. The van der Waals surface area contributed by atoms with Gasteiger partial charge in [0.15, 0.2) is 0 Å². The molecule has 0 aromatic heterocycles. The molecule has 0 spiro atoms. The first-order valence-electron chi connectivity index (χ1n) is 24.3. The van der Waals surface area contributed by atoms with Crippen molar-refractivity contribution in [1.82, 2.24) is 0 Å². The van der Waals surface area contributed by atoms with Crippen molar-refractivity contribution in [3.8, 4) is 0 Å². The van der Waals surface area contributed by atoms with E-state index in [1.165, 1.54) is 173 Å². The van der Waals surface area contributed by atoms with Crippen molar-refractivity contribution >= 4 is 11.9 Å². The van der Waals surface area contributed by atoms with E-state index in [9.17, 15) is 9.59 Å². The molecule has 1 unspecified atom stereocenters. The third kappa shape index (κ3) is 44.8. The first kappa shape index (κ1) is 52.4. The number of carboxylic acids is 1. The standard InChI is InChI=1S/C50H94O4/c1-3-5-7-9-11-13-15-17-18-19-20-21-22-23-24-25-26-28-30-32-34-39-43-47-50(53)54-48(45-41-37-35-38-42-46-49(51)52)44-40-36-33-31-29-27-16-14-12-10-8-6-4-2/h16,27,31,33,48H,3-15,17-26,28-30,32,34-47H2,1-2H3,(H,51,52)/b27-16-,33-31-. The average molecular weight is 759 g/mol. The van der Waals surface area contributed by atoms with Gasteiger partial charge >= 0.3 is 11.9 Å². The second-order valence-corrected chi connectivity index (χ2v) is 16.7. The van der Waals surface area contributed by atoms with E-state index >= 15 is 0 Å². The average Bonchev–Trinajstić information content (AvgIpc) is 3.16. The van der Waals surface area contributed by atoms with Gasteiger partial charge in [-0.25, -0.2) is 0 Å². The van der Waals surface area contributed by atoms with Gasteiger partial charge in [0.2, 0.25) is 0 Å². The lowest BCUT2D eigenvalue weighted by molar-refractivity contribution is -0.150. The quantitative estimate of drug-likeness (QED) is 0.0382. The molecule has 4 heteroatoms. The number of ether oxygens (including phenoxy) is 1. The van der Waals surface area contributed by atoms with E-state index in [0.717, 1.165) is 77.0 Å². The number of esters is 1. The Bertz CT molecular complexity index is 817. The fraction of sp³-hybridized carbons (Fsp3) is 0.880. The topological polar surface area (TPSA) is 63.6 Å². The zero-order valence-electron chi connectivity index (χ0n) is 36.6. The molecule has 4 nitrogen and oxygen atoms in total. The lowest BCUT2D eigenvalue weighted by Crippen LogP contribution is -2.18. The molecule has 0 saturated heterocycles. The predicted octanol–water partition coefficient (Wildman–Crippen LogP) is 17.1. The Morgan fingerprint density at radius 3 is 1.17 bits per heavy atom. The van der Waals surface area contributed by atoms with Crippen molar-refractivity contribution in [2.24, 2.45) is 0 Å². The Labute approximate surface area is 337 Å². The van der Waals surface area contributed by atoms with Gasteiger partial charge in [-0.1, -0.05) is 224 Å². The second kappa shape index (κ2) is 45.8. The Morgan fingerprint density at radius 2 is 0.741 bits per heavy atom. The molecule has 0 aliphatic heterocycles. The number of hydrogen-bond acceptors (Lipinski definition) is 3. The van der Waals surface area contributed by atoms with Crippen LogP contribution in [0.4, 0.5) is 0 Å². The van der Waals surface area contributed by atoms with Gasteiger partial charge in [0.05, 0.1) is 0 Å². The highest BCUT2D eigenvalue weighted by Gasteiger charge is 2.14. The Kier molecular flexibility index (Phi) is 44.5. The number of rotatable bonds is 45. The van der Waals surface area contributed by atoms with E-state index in [1.54, 1.807) is 0 Å². The van der Waals surface area contributed by atoms with Crippen molar-refractivity contribution in [3.05, 3.63) is 24.3 Å². The van der Waals surface area contributed by atoms with Gasteiger partial charge in [-0.15, -0.1) is 0 Å². The van der Waals surface area contributed by atoms with Gasteiger partial charge in [-0.2, -0.15) is 0 Å². The highest BCUT2D eigenvalue weighted by Crippen LogP contribution is 2.19. The zero-order valence-corrected chi connectivity index (χ0v) is 36.6. The maximum Gasteiger partial charge on any atom is 0.306 e. The number of aliphatic carboxylic acids is 1. The van der Waals surface area contributed by atoms with Crippen LogP contribution in [-0.4, -0.2) is 23.1 Å². The first-order chi connectivity index (χ1) is 26.6. The van der Waals surface area contributed by atoms with Gasteiger partial charge in [0.25, 0.3) is 0 Å². The second-order valence-electron chi connectivity index (χ2n) is 16.7. The Morgan fingerprint density at radius 1 is 0.407 bits per heavy atom. The van der Waals surface area contributed by atoms with Crippen molar-refractivity contribution in [1.29, 1.82) is 0 Å². The molecule has 54 heavy (non-hydrogen) atoms. The van der Waals surface area contributed by atoms with Crippen LogP contribution in [0.15, 0.2) is 24.3 Å². The maximum atomic E-state index is 12.7. The molecular formula is C50H94O4. The van der Waals surface area contributed by atoms with E-state index in [0.29, 0.717) is 6.42 Å². The van der Waals surface area contributed by atoms with Crippen LogP contribution < -0.4 is 0 Å². The molecule has 0 saturated carbocycles. The molecule has 1 atom stereocenters. The number of allylic oxidation sites excluding steroid dienone is 4. The molecule has 0 heterocycles. The maximum absolute atomic E-state index is 12.7. The number of hydrogen-bond donors (Lipinski definition) is 1. The van der Waals surface area contributed by atoms with Crippen LogP contribution in [0, 0.1) is 0 Å². The van der Waals surface area contributed by atoms with Crippen molar-refractivity contribution in [2.75, 3.05) is 0 Å². The van der Waals surface area contributed by atoms with Crippen LogP contribution in [0.2, 0.25) is 0 Å². The van der Waals surface area contributed by atoms with Gasteiger partial charge in [-0.05, 0) is 64.2 Å². The summed E-state index contributed by atoms with van der Waals surface area (Å²) in [5.74, 6) is -0.717. The fourth-order valence-electron chi connectivity index (χ4n) is 7.58. The molecule has 0 aromatic rings. The third-order valence-corrected chi connectivity index (χ3v) is 11.2. The fourth-order valence-corrected chi connectivity index (χ4v) is 7.58. The normalized spacial score (nSPS) is 12.3. The lowest BCUT2D eigenvalue weighted by atomic mass is 10.0. The summed E-state index contributed by atoms with van der Waals surface area (Å²) in [4.78, 5) is 23.5. The number of unbranched alkanes of at least 4 members (excludes halogenated alkanes) is 32. The summed E-state index contributed by atoms with van der Waals surface area (Å²) in [5.41, 5.74) is 0. The minimum absolute atomic E-state index is 0.0136. The number of carbonyl (C=O) groups is 2. The molecule has 0 aliphatic carbocycles. The minimum Gasteiger partial charge on any atom is -0.481 e. The van der Waals surface area contributed by atoms with Crippen molar-refractivity contribution in [2.45, 2.75) is 283 Å². The zero-order chi connectivity index (χ0) is 39.3. The van der Waals surface area contributed by atoms with E-state index in [2.05, 4.69) is 38.2 Å². The smallest absolute Gasteiger partial charge is 0.306 e. The molecule has 0 fully saturated rings. The molecule has 318 valence electrons. The van der Waals surface area contributed by atoms with Gasteiger partial charge in [0.1, 0.15) is 6.10 Å². The molecule has 0 aromatic carbocycles. The van der Waals surface area contributed by atoms with Crippen LogP contribution >= 0.6 is 0 Å². The summed E-state index contributed by atoms with van der Waals surface area (Å²) < 4.78 is 6.01. The summed E-state index contributed by atoms with van der Waals surface area (Å²) in [6.45, 7) is 4.56. The molecule has 0 radical (unpaired) electrons. The largest absolute Gasteiger partial charge is 0.481 e. The Hall–Kier alpha value is -1.58. The molecule has 0 aliphatic rings. The molecule has 1 N–H and O–H groups in total. The SMILES string of the molecule is CCCCCCC/C=C\C/C=C\CCCC(CCCCCCCC(=O)O)OC(=O)CCCCCCCCCCCCCCCCCCCCCCCCC. The van der Waals surface area contributed by atoms with E-state index in [4.69, 9.17) is 9.84 Å². The highest BCUT2D eigenvalue weighted by molar-refractivity contribution is 5.69. The van der Waals surface area contributed by atoms with E-state index in [1.807, 2.05) is 0 Å². The van der Waals surface area contributed by atoms with Crippen LogP contribution in [-0.2, 0) is 14.3 Å². The van der Waals surface area contributed by atoms with Crippen LogP contribution in [0.5, 0.6) is 0 Å². The number of carbonyl (C=O) groups excluding carboxylic acids is 1. The van der Waals surface area contributed by atoms with E-state index < -0.39 is 5.97 Å². The van der Waals surface area contributed by atoms with Crippen LogP contribution in [0.3, 0.4) is 0 Å². The molecule has 0 amide bonds. The Balaban J connectivity index is 3.89. The van der Waals surface area contributed by atoms with Gasteiger partial charge in [0, 0.05) is 12.8 Å². The monoisotopic (exact) mass is 759 g/mol. The minimum atomic E-state index is -0.703. The lowest BCUT2D eigenvalue weighted by Gasteiger charge is -2.18. The van der Waals surface area contributed by atoms with Crippen molar-refractivity contribution in [3.63, 3.8) is 0 Å². The summed E-state index contributed by atoms with van der Waals surface area (Å²) in [6.07, 6.45) is 59.5. The summed E-state index contributed by atoms with van der Waals surface area (Å²) >= 11 is 0. The predicted molar refractivity (Wildman–Crippen MR) is 236 cm³/mol. The highest BCUT2D eigenvalue weighted by atomic mass is 16.5. The van der Waals surface area contributed by atoms with Crippen LogP contribution in [0.25, 0.3) is 0 Å². The first-order valence-corrected chi connectivity index (χ1v) is 24.3. The van der Waals surface area contributed by atoms with Gasteiger partial charge in [-0.3, -0.25) is 9.59 Å². The van der Waals surface area contributed by atoms with Crippen LogP contribution in [0.1, 0.15) is 277 Å². The number of carboxylic acid groups (broad SMARTS) is 1. The third-order valence-electron chi connectivity index (χ3n) is 11.2. The summed E-state index contributed by atoms with van der Waals surface area (Å²) in [5, 5.41) is 8.85. The van der Waals surface area contributed by atoms with Gasteiger partial charge < -0.3 is 9.84 Å². The summed E-state index contributed by atoms with van der Waals surface area (Å²) in [7, 11) is 0.